The molecule has 0 amide bonds. The van der Waals surface area contributed by atoms with Crippen LogP contribution in [-0.4, -0.2) is 29.3 Å². The zero-order valence-electron chi connectivity index (χ0n) is 14.7. The van der Waals surface area contributed by atoms with Gasteiger partial charge in [-0.1, -0.05) is 11.6 Å². The SMILES string of the molecule is Cc1cc(C(F)(F)F)nn1-c1nc(Nc2ccc(Cl)cc2)c2ncn(C)c2n1. The molecule has 28 heavy (non-hydrogen) atoms. The summed E-state index contributed by atoms with van der Waals surface area (Å²) in [6.07, 6.45) is -3.01. The number of rotatable bonds is 3. The minimum Gasteiger partial charge on any atom is -0.338 e. The third-order valence-electron chi connectivity index (χ3n) is 4.02. The van der Waals surface area contributed by atoms with Crippen LogP contribution in [0.5, 0.6) is 0 Å². The standard InChI is InChI=1S/C17H13ClF3N7/c1-9-7-12(17(19,20)21)26-28(9)16-24-14(13-15(25-16)27(2)8-22-13)23-11-5-3-10(18)4-6-11/h3-8H,1-2H3,(H,23,24,25). The summed E-state index contributed by atoms with van der Waals surface area (Å²) in [7, 11) is 1.73. The van der Waals surface area contributed by atoms with Gasteiger partial charge < -0.3 is 9.88 Å². The maximum absolute atomic E-state index is 13.0. The number of nitrogens with zero attached hydrogens (tertiary/aromatic N) is 6. The Hall–Kier alpha value is -3.14. The molecule has 144 valence electrons. The third kappa shape index (κ3) is 3.26. The molecule has 0 saturated heterocycles. The van der Waals surface area contributed by atoms with Crippen LogP contribution in [0.3, 0.4) is 0 Å². The molecule has 3 aromatic heterocycles. The maximum atomic E-state index is 13.0. The first-order valence-corrected chi connectivity index (χ1v) is 8.46. The van der Waals surface area contributed by atoms with Gasteiger partial charge in [-0.2, -0.15) is 28.2 Å². The van der Waals surface area contributed by atoms with Gasteiger partial charge in [0, 0.05) is 23.5 Å². The van der Waals surface area contributed by atoms with Gasteiger partial charge in [-0.25, -0.2) is 9.67 Å². The number of anilines is 2. The number of benzene rings is 1. The lowest BCUT2D eigenvalue weighted by Crippen LogP contribution is -2.11. The van der Waals surface area contributed by atoms with Crippen molar-refractivity contribution in [1.29, 1.82) is 0 Å². The topological polar surface area (TPSA) is 73.5 Å². The quantitative estimate of drug-likeness (QED) is 0.549. The fourth-order valence-corrected chi connectivity index (χ4v) is 2.79. The average Bonchev–Trinajstić information content (AvgIpc) is 3.20. The number of hydrogen-bond acceptors (Lipinski definition) is 5. The number of fused-ring (bicyclic) bond motifs is 1. The van der Waals surface area contributed by atoms with Crippen LogP contribution in [0.4, 0.5) is 24.7 Å². The Bertz CT molecular complexity index is 1160. The predicted octanol–water partition coefficient (Wildman–Crippen LogP) is 4.27. The van der Waals surface area contributed by atoms with E-state index in [1.165, 1.54) is 6.92 Å². The molecule has 1 aromatic carbocycles. The number of aromatic nitrogens is 6. The summed E-state index contributed by atoms with van der Waals surface area (Å²) in [5.41, 5.74) is 0.860. The molecule has 3 heterocycles. The van der Waals surface area contributed by atoms with Crippen molar-refractivity contribution in [1.82, 2.24) is 29.3 Å². The number of aryl methyl sites for hydroxylation is 2. The highest BCUT2D eigenvalue weighted by atomic mass is 35.5. The van der Waals surface area contributed by atoms with Crippen molar-refractivity contribution in [2.75, 3.05) is 5.32 Å². The molecule has 0 aliphatic rings. The lowest BCUT2D eigenvalue weighted by molar-refractivity contribution is -0.141. The highest BCUT2D eigenvalue weighted by Gasteiger charge is 2.35. The fourth-order valence-electron chi connectivity index (χ4n) is 2.66. The lowest BCUT2D eigenvalue weighted by atomic mass is 10.3. The van der Waals surface area contributed by atoms with E-state index >= 15 is 0 Å². The minimum absolute atomic E-state index is 0.000522. The molecule has 0 unspecified atom stereocenters. The summed E-state index contributed by atoms with van der Waals surface area (Å²) < 4.78 is 41.7. The van der Waals surface area contributed by atoms with Gasteiger partial charge in [0.2, 0.25) is 0 Å². The van der Waals surface area contributed by atoms with Crippen molar-refractivity contribution in [3.63, 3.8) is 0 Å². The van der Waals surface area contributed by atoms with Gasteiger partial charge in [0.1, 0.15) is 0 Å². The second kappa shape index (κ2) is 6.48. The number of alkyl halides is 3. The van der Waals surface area contributed by atoms with Crippen molar-refractivity contribution < 1.29 is 13.2 Å². The Morgan fingerprint density at radius 3 is 2.46 bits per heavy atom. The summed E-state index contributed by atoms with van der Waals surface area (Å²) in [5, 5.41) is 7.30. The van der Waals surface area contributed by atoms with Crippen LogP contribution in [0.2, 0.25) is 5.02 Å². The van der Waals surface area contributed by atoms with Gasteiger partial charge in [0.15, 0.2) is 22.7 Å². The summed E-state index contributed by atoms with van der Waals surface area (Å²) in [6.45, 7) is 1.51. The summed E-state index contributed by atoms with van der Waals surface area (Å²) in [6, 6.07) is 7.85. The molecule has 7 nitrogen and oxygen atoms in total. The minimum atomic E-state index is -4.56. The lowest BCUT2D eigenvalue weighted by Gasteiger charge is -2.10. The van der Waals surface area contributed by atoms with Crippen LogP contribution < -0.4 is 5.32 Å². The number of halogens is 4. The third-order valence-corrected chi connectivity index (χ3v) is 4.27. The van der Waals surface area contributed by atoms with Gasteiger partial charge in [-0.05, 0) is 37.3 Å². The van der Waals surface area contributed by atoms with Crippen LogP contribution in [0.15, 0.2) is 36.7 Å². The first-order chi connectivity index (χ1) is 13.2. The van der Waals surface area contributed by atoms with E-state index in [0.29, 0.717) is 27.7 Å². The van der Waals surface area contributed by atoms with Gasteiger partial charge in [0.25, 0.3) is 5.95 Å². The van der Waals surface area contributed by atoms with E-state index < -0.39 is 11.9 Å². The first kappa shape index (κ1) is 18.2. The molecule has 0 spiro atoms. The van der Waals surface area contributed by atoms with E-state index in [1.807, 2.05) is 0 Å². The molecule has 0 fully saturated rings. The highest BCUT2D eigenvalue weighted by molar-refractivity contribution is 6.30. The van der Waals surface area contributed by atoms with Crippen molar-refractivity contribution in [2.24, 2.45) is 7.05 Å². The van der Waals surface area contributed by atoms with Crippen molar-refractivity contribution in [3.8, 4) is 5.95 Å². The maximum Gasteiger partial charge on any atom is 0.435 e. The van der Waals surface area contributed by atoms with Gasteiger partial charge in [-0.3, -0.25) is 0 Å². The van der Waals surface area contributed by atoms with Gasteiger partial charge in [-0.15, -0.1) is 0 Å². The van der Waals surface area contributed by atoms with Crippen molar-refractivity contribution >= 4 is 34.3 Å². The van der Waals surface area contributed by atoms with Crippen LogP contribution in [0, 0.1) is 6.92 Å². The predicted molar refractivity (Wildman–Crippen MR) is 97.9 cm³/mol. The van der Waals surface area contributed by atoms with E-state index in [9.17, 15) is 13.2 Å². The molecular formula is C17H13ClF3N7. The molecule has 0 aliphatic carbocycles. The molecule has 0 atom stereocenters. The normalized spacial score (nSPS) is 11.9. The van der Waals surface area contributed by atoms with Crippen molar-refractivity contribution in [2.45, 2.75) is 13.1 Å². The summed E-state index contributed by atoms with van der Waals surface area (Å²) in [4.78, 5) is 13.0. The molecule has 0 radical (unpaired) electrons. The number of imidazole rings is 1. The average molecular weight is 408 g/mol. The number of nitrogens with one attached hydrogen (secondary N) is 1. The molecule has 1 N–H and O–H groups in total. The zero-order valence-corrected chi connectivity index (χ0v) is 15.4. The molecule has 4 aromatic rings. The highest BCUT2D eigenvalue weighted by Crippen LogP contribution is 2.30. The van der Waals surface area contributed by atoms with E-state index in [1.54, 1.807) is 42.2 Å². The zero-order chi connectivity index (χ0) is 20.1. The van der Waals surface area contributed by atoms with Crippen LogP contribution in [0.1, 0.15) is 11.4 Å². The van der Waals surface area contributed by atoms with Crippen molar-refractivity contribution in [3.05, 3.63) is 53.1 Å². The van der Waals surface area contributed by atoms with Crippen LogP contribution in [0.25, 0.3) is 17.1 Å². The smallest absolute Gasteiger partial charge is 0.338 e. The Labute approximate surface area is 161 Å². The van der Waals surface area contributed by atoms with Gasteiger partial charge in [0.05, 0.1) is 6.33 Å². The largest absolute Gasteiger partial charge is 0.435 e. The van der Waals surface area contributed by atoms with Gasteiger partial charge >= 0.3 is 6.18 Å². The molecule has 11 heteroatoms. The monoisotopic (exact) mass is 407 g/mol. The van der Waals surface area contributed by atoms with Crippen LogP contribution >= 0.6 is 11.6 Å². The molecule has 0 bridgehead atoms. The Kier molecular flexibility index (Phi) is 4.22. The Morgan fingerprint density at radius 2 is 1.82 bits per heavy atom. The van der Waals surface area contributed by atoms with E-state index in [-0.39, 0.29) is 11.6 Å². The van der Waals surface area contributed by atoms with Crippen LogP contribution in [-0.2, 0) is 13.2 Å². The summed E-state index contributed by atoms with van der Waals surface area (Å²) >= 11 is 5.90. The second-order valence-electron chi connectivity index (χ2n) is 6.11. The molecule has 0 saturated carbocycles. The Morgan fingerprint density at radius 1 is 1.11 bits per heavy atom. The molecular weight excluding hydrogens is 395 g/mol. The van der Waals surface area contributed by atoms with E-state index in [4.69, 9.17) is 11.6 Å². The first-order valence-electron chi connectivity index (χ1n) is 8.08. The summed E-state index contributed by atoms with van der Waals surface area (Å²) in [5.74, 6) is 0.340. The molecule has 4 rings (SSSR count). The van der Waals surface area contributed by atoms with E-state index in [2.05, 4.69) is 25.4 Å². The second-order valence-corrected chi connectivity index (χ2v) is 6.55. The number of hydrogen-bond donors (Lipinski definition) is 1. The molecule has 0 aliphatic heterocycles. The van der Waals surface area contributed by atoms with E-state index in [0.717, 1.165) is 10.7 Å². The Balaban J connectivity index is 1.85. The fraction of sp³-hybridized carbons (Fsp3) is 0.176.